The van der Waals surface area contributed by atoms with Crippen LogP contribution in [-0.2, 0) is 23.9 Å². The van der Waals surface area contributed by atoms with Gasteiger partial charge in [-0.3, -0.25) is 9.59 Å². The summed E-state index contributed by atoms with van der Waals surface area (Å²) in [4.78, 5) is 29.0. The molecule has 1 N–H and O–H groups in total. The van der Waals surface area contributed by atoms with Crippen molar-refractivity contribution in [1.29, 1.82) is 0 Å². The lowest BCUT2D eigenvalue weighted by Gasteiger charge is -2.24. The second kappa shape index (κ2) is 10.0. The molecule has 5 nitrogen and oxygen atoms in total. The average molecular weight is 519 g/mol. The highest BCUT2D eigenvalue weighted by Crippen LogP contribution is 2.36. The summed E-state index contributed by atoms with van der Waals surface area (Å²) >= 11 is 6.17. The van der Waals surface area contributed by atoms with Crippen LogP contribution in [0.5, 0.6) is 0 Å². The fourth-order valence-corrected chi connectivity index (χ4v) is 5.62. The molecule has 8 heteroatoms. The van der Waals surface area contributed by atoms with E-state index < -0.39 is 10.8 Å². The number of nitrogens with one attached hydrogen (secondary N) is 1. The van der Waals surface area contributed by atoms with Crippen molar-refractivity contribution < 1.29 is 18.2 Å². The largest absolute Gasteiger partial charge is 0.348 e. The first kappa shape index (κ1) is 23.9. The summed E-state index contributed by atoms with van der Waals surface area (Å²) in [6, 6.07) is 24.6. The van der Waals surface area contributed by atoms with Crippen molar-refractivity contribution in [2.45, 2.75) is 22.9 Å². The Bertz CT molecular complexity index is 1510. The standard InChI is InChI=1S/C28H20ClFN2O3S/c29-21-5-3-4-19(14-21)17-32-24-15-20(27(33)31-16-18-8-11-22(30)12-9-18)10-13-26(24)36(35)25-7-2-1-6-23(25)28(32)34/h1-15H,16-17H2,(H,31,33). The Balaban J connectivity index is 1.53. The Kier molecular flexibility index (Phi) is 6.67. The van der Waals surface area contributed by atoms with Crippen LogP contribution >= 0.6 is 11.6 Å². The van der Waals surface area contributed by atoms with E-state index in [0.717, 1.165) is 11.1 Å². The molecule has 4 aromatic rings. The van der Waals surface area contributed by atoms with Crippen LogP contribution in [0.1, 0.15) is 31.8 Å². The molecule has 0 saturated carbocycles. The summed E-state index contributed by atoms with van der Waals surface area (Å²) in [6.07, 6.45) is 0. The number of nitrogens with zero attached hydrogens (tertiary/aromatic N) is 1. The molecule has 0 saturated heterocycles. The third kappa shape index (κ3) is 4.80. The minimum atomic E-state index is -1.62. The van der Waals surface area contributed by atoms with E-state index in [9.17, 15) is 18.2 Å². The molecule has 1 aliphatic rings. The van der Waals surface area contributed by atoms with Gasteiger partial charge in [-0.25, -0.2) is 8.60 Å². The number of carbonyl (C=O) groups excluding carboxylic acids is 2. The first-order chi connectivity index (χ1) is 17.4. The van der Waals surface area contributed by atoms with Gasteiger partial charge in [-0.1, -0.05) is 48.0 Å². The summed E-state index contributed by atoms with van der Waals surface area (Å²) in [5, 5.41) is 3.35. The predicted octanol–water partition coefficient (Wildman–Crippen LogP) is 5.74. The topological polar surface area (TPSA) is 66.5 Å². The lowest BCUT2D eigenvalue weighted by atomic mass is 10.1. The van der Waals surface area contributed by atoms with Crippen LogP contribution in [0, 0.1) is 5.82 Å². The van der Waals surface area contributed by atoms with Gasteiger partial charge < -0.3 is 10.2 Å². The molecule has 1 aliphatic heterocycles. The number of carbonyl (C=O) groups is 2. The van der Waals surface area contributed by atoms with Gasteiger partial charge in [-0.2, -0.15) is 0 Å². The normalized spacial score (nSPS) is 14.6. The molecule has 36 heavy (non-hydrogen) atoms. The molecule has 0 radical (unpaired) electrons. The van der Waals surface area contributed by atoms with Gasteiger partial charge in [-0.15, -0.1) is 0 Å². The van der Waals surface area contributed by atoms with Crippen molar-refractivity contribution in [2.24, 2.45) is 0 Å². The van der Waals surface area contributed by atoms with Crippen molar-refractivity contribution in [3.05, 3.63) is 124 Å². The fraction of sp³-hybridized carbons (Fsp3) is 0.0714. The van der Waals surface area contributed by atoms with E-state index in [2.05, 4.69) is 5.32 Å². The van der Waals surface area contributed by atoms with Crippen molar-refractivity contribution in [2.75, 3.05) is 4.90 Å². The number of fused-ring (bicyclic) bond motifs is 2. The van der Waals surface area contributed by atoms with E-state index in [-0.39, 0.29) is 30.7 Å². The van der Waals surface area contributed by atoms with E-state index in [1.807, 2.05) is 6.07 Å². The number of halogens is 2. The molecule has 1 unspecified atom stereocenters. The molecule has 0 aliphatic carbocycles. The number of hydrogen-bond acceptors (Lipinski definition) is 3. The SMILES string of the molecule is O=C(NCc1ccc(F)cc1)c1ccc2c(c1)N(Cc1cccc(Cl)c1)C(=O)c1ccccc1S2=O. The molecule has 1 heterocycles. The van der Waals surface area contributed by atoms with E-state index >= 15 is 0 Å². The number of hydrogen-bond donors (Lipinski definition) is 1. The van der Waals surface area contributed by atoms with Gasteiger partial charge in [0.25, 0.3) is 11.8 Å². The quantitative estimate of drug-likeness (QED) is 0.366. The number of anilines is 1. The van der Waals surface area contributed by atoms with Gasteiger partial charge >= 0.3 is 0 Å². The molecular formula is C28H20ClFN2O3S. The van der Waals surface area contributed by atoms with Crippen LogP contribution in [0.2, 0.25) is 5.02 Å². The number of benzene rings is 4. The van der Waals surface area contributed by atoms with Crippen LogP contribution in [0.3, 0.4) is 0 Å². The first-order valence-corrected chi connectivity index (χ1v) is 12.7. The van der Waals surface area contributed by atoms with Gasteiger partial charge in [0.15, 0.2) is 0 Å². The van der Waals surface area contributed by atoms with E-state index in [0.29, 0.717) is 31.6 Å². The molecule has 2 amide bonds. The Morgan fingerprint density at radius 3 is 2.44 bits per heavy atom. The average Bonchev–Trinajstić information content (AvgIpc) is 2.97. The maximum atomic E-state index is 13.7. The molecule has 0 bridgehead atoms. The van der Waals surface area contributed by atoms with Crippen molar-refractivity contribution in [3.8, 4) is 0 Å². The lowest BCUT2D eigenvalue weighted by Crippen LogP contribution is -2.31. The molecule has 0 aromatic heterocycles. The predicted molar refractivity (Wildman–Crippen MR) is 137 cm³/mol. The highest BCUT2D eigenvalue weighted by atomic mass is 35.5. The molecule has 4 aromatic carbocycles. The fourth-order valence-electron chi connectivity index (χ4n) is 4.07. The van der Waals surface area contributed by atoms with Gasteiger partial charge in [-0.05, 0) is 65.7 Å². The molecular weight excluding hydrogens is 499 g/mol. The minimum absolute atomic E-state index is 0.179. The number of amides is 2. The zero-order valence-electron chi connectivity index (χ0n) is 18.9. The van der Waals surface area contributed by atoms with Crippen molar-refractivity contribution >= 4 is 39.9 Å². The van der Waals surface area contributed by atoms with Crippen LogP contribution in [0.25, 0.3) is 0 Å². The zero-order chi connectivity index (χ0) is 25.2. The second-order valence-corrected chi connectivity index (χ2v) is 10.1. The van der Waals surface area contributed by atoms with Crippen molar-refractivity contribution in [1.82, 2.24) is 5.32 Å². The Morgan fingerprint density at radius 2 is 1.67 bits per heavy atom. The van der Waals surface area contributed by atoms with Crippen LogP contribution in [0.4, 0.5) is 10.1 Å². The third-order valence-electron chi connectivity index (χ3n) is 5.87. The summed E-state index contributed by atoms with van der Waals surface area (Å²) in [5.74, 6) is -1.04. The summed E-state index contributed by atoms with van der Waals surface area (Å²) in [6.45, 7) is 0.386. The first-order valence-electron chi connectivity index (χ1n) is 11.1. The van der Waals surface area contributed by atoms with E-state index in [1.165, 1.54) is 17.0 Å². The Labute approximate surface area is 215 Å². The van der Waals surface area contributed by atoms with Gasteiger partial charge in [0, 0.05) is 17.1 Å². The molecule has 180 valence electrons. The van der Waals surface area contributed by atoms with Gasteiger partial charge in [0.05, 0.1) is 38.4 Å². The molecule has 0 fully saturated rings. The van der Waals surface area contributed by atoms with Gasteiger partial charge in [0.1, 0.15) is 5.82 Å². The Morgan fingerprint density at radius 1 is 0.889 bits per heavy atom. The highest BCUT2D eigenvalue weighted by molar-refractivity contribution is 7.85. The summed E-state index contributed by atoms with van der Waals surface area (Å²) < 4.78 is 26.7. The lowest BCUT2D eigenvalue weighted by molar-refractivity contribution is 0.0947. The van der Waals surface area contributed by atoms with E-state index in [1.54, 1.807) is 72.8 Å². The smallest absolute Gasteiger partial charge is 0.259 e. The molecule has 5 rings (SSSR count). The Hall–Kier alpha value is -3.81. The molecule has 1 atom stereocenters. The van der Waals surface area contributed by atoms with Gasteiger partial charge in [0.2, 0.25) is 0 Å². The van der Waals surface area contributed by atoms with Crippen LogP contribution in [0.15, 0.2) is 101 Å². The zero-order valence-corrected chi connectivity index (χ0v) is 20.5. The van der Waals surface area contributed by atoms with Crippen molar-refractivity contribution in [3.63, 3.8) is 0 Å². The maximum absolute atomic E-state index is 13.7. The van der Waals surface area contributed by atoms with Crippen LogP contribution < -0.4 is 10.2 Å². The molecule has 0 spiro atoms. The number of rotatable bonds is 5. The summed E-state index contributed by atoms with van der Waals surface area (Å²) in [5.41, 5.74) is 2.58. The van der Waals surface area contributed by atoms with E-state index in [4.69, 9.17) is 11.6 Å². The van der Waals surface area contributed by atoms with Crippen LogP contribution in [-0.4, -0.2) is 16.0 Å². The third-order valence-corrected chi connectivity index (χ3v) is 7.61. The monoisotopic (exact) mass is 518 g/mol. The highest BCUT2D eigenvalue weighted by Gasteiger charge is 2.31. The maximum Gasteiger partial charge on any atom is 0.259 e. The summed E-state index contributed by atoms with van der Waals surface area (Å²) in [7, 11) is -1.62. The second-order valence-electron chi connectivity index (χ2n) is 8.28. The minimum Gasteiger partial charge on any atom is -0.348 e.